The van der Waals surface area contributed by atoms with Crippen molar-refractivity contribution in [3.63, 3.8) is 0 Å². The Morgan fingerprint density at radius 1 is 1.08 bits per heavy atom. The molecule has 8 nitrogen and oxygen atoms in total. The van der Waals surface area contributed by atoms with E-state index in [1.807, 2.05) is 42.5 Å². The van der Waals surface area contributed by atoms with Gasteiger partial charge in [0.05, 0.1) is 18.9 Å². The Bertz CT molecular complexity index is 1200. The molecular formula is C29H38ClN3O5S. The number of sulfonamides is 1. The highest BCUT2D eigenvalue weighted by Crippen LogP contribution is 2.22. The summed E-state index contributed by atoms with van der Waals surface area (Å²) in [6, 6.07) is 16.8. The molecule has 0 unspecified atom stereocenters. The monoisotopic (exact) mass is 575 g/mol. The molecule has 2 aromatic carbocycles. The van der Waals surface area contributed by atoms with Crippen molar-refractivity contribution in [2.24, 2.45) is 0 Å². The first kappa shape index (κ1) is 30.8. The number of hydrogen-bond acceptors (Lipinski definition) is 5. The lowest BCUT2D eigenvalue weighted by Gasteiger charge is -2.39. The van der Waals surface area contributed by atoms with E-state index < -0.39 is 10.0 Å². The maximum atomic E-state index is 13.7. The summed E-state index contributed by atoms with van der Waals surface area (Å²) in [6.45, 7) is 3.20. The predicted octanol–water partition coefficient (Wildman–Crippen LogP) is 4.06. The summed E-state index contributed by atoms with van der Waals surface area (Å²) in [5.74, 6) is -0.364. The first-order valence-corrected chi connectivity index (χ1v) is 15.2. The van der Waals surface area contributed by atoms with Gasteiger partial charge in [-0.3, -0.25) is 9.59 Å². The van der Waals surface area contributed by atoms with Gasteiger partial charge in [-0.25, -0.2) is 8.42 Å². The van der Waals surface area contributed by atoms with Crippen molar-refractivity contribution in [1.29, 1.82) is 0 Å². The number of ether oxygens (including phenoxy) is 1. The number of likely N-dealkylation sites (tertiary alicyclic amines) is 1. The van der Waals surface area contributed by atoms with E-state index in [0.717, 1.165) is 11.1 Å². The van der Waals surface area contributed by atoms with Crippen LogP contribution in [0.3, 0.4) is 0 Å². The van der Waals surface area contributed by atoms with Crippen LogP contribution in [0.2, 0.25) is 5.02 Å². The minimum atomic E-state index is -3.60. The Morgan fingerprint density at radius 2 is 1.74 bits per heavy atom. The quantitative estimate of drug-likeness (QED) is 0.336. The minimum Gasteiger partial charge on any atom is -0.383 e. The second kappa shape index (κ2) is 15.2. The molecule has 0 radical (unpaired) electrons. The number of benzene rings is 2. The first-order valence-electron chi connectivity index (χ1n) is 13.3. The van der Waals surface area contributed by atoms with Crippen LogP contribution in [0.1, 0.15) is 37.3 Å². The van der Waals surface area contributed by atoms with Gasteiger partial charge in [0.15, 0.2) is 0 Å². The standard InChI is InChI=1S/C29H38ClN3O5S/c1-3-21-39(36,37)32(19-20-38-2)23-29(35)33(22-25-9-12-26(30)13-10-25)27-15-17-31(18-16-27)28(34)14-11-24-7-5-4-6-8-24/h4-14,27H,3,15-23H2,1-2H3/b14-11+. The lowest BCUT2D eigenvalue weighted by atomic mass is 10.0. The molecule has 0 N–H and O–H groups in total. The molecule has 1 fully saturated rings. The summed E-state index contributed by atoms with van der Waals surface area (Å²) in [4.78, 5) is 30.0. The van der Waals surface area contributed by atoms with Gasteiger partial charge in [0.1, 0.15) is 0 Å². The zero-order valence-electron chi connectivity index (χ0n) is 22.7. The number of hydrogen-bond donors (Lipinski definition) is 0. The summed E-state index contributed by atoms with van der Waals surface area (Å²) in [6.07, 6.45) is 5.04. The van der Waals surface area contributed by atoms with Crippen LogP contribution in [0.5, 0.6) is 0 Å². The lowest BCUT2D eigenvalue weighted by molar-refractivity contribution is -0.136. The molecule has 2 aromatic rings. The molecule has 0 spiro atoms. The van der Waals surface area contributed by atoms with Crippen LogP contribution in [0.4, 0.5) is 0 Å². The Hall–Kier alpha value is -2.72. The van der Waals surface area contributed by atoms with E-state index in [1.165, 1.54) is 11.4 Å². The predicted molar refractivity (Wildman–Crippen MR) is 155 cm³/mol. The van der Waals surface area contributed by atoms with Crippen LogP contribution in [0.25, 0.3) is 6.08 Å². The molecule has 0 saturated carbocycles. The van der Waals surface area contributed by atoms with Crippen molar-refractivity contribution in [2.75, 3.05) is 45.6 Å². The van der Waals surface area contributed by atoms with Gasteiger partial charge in [0.2, 0.25) is 21.8 Å². The molecule has 1 heterocycles. The molecule has 39 heavy (non-hydrogen) atoms. The maximum Gasteiger partial charge on any atom is 0.246 e. The van der Waals surface area contributed by atoms with Crippen molar-refractivity contribution < 1.29 is 22.7 Å². The van der Waals surface area contributed by atoms with Gasteiger partial charge in [0.25, 0.3) is 0 Å². The average Bonchev–Trinajstić information content (AvgIpc) is 2.94. The fraction of sp³-hybridized carbons (Fsp3) is 0.448. The van der Waals surface area contributed by atoms with Crippen molar-refractivity contribution in [3.05, 3.63) is 76.8 Å². The summed E-state index contributed by atoms with van der Waals surface area (Å²) in [7, 11) is -2.10. The number of amides is 2. The van der Waals surface area contributed by atoms with Gasteiger partial charge in [-0.15, -0.1) is 0 Å². The summed E-state index contributed by atoms with van der Waals surface area (Å²) in [5, 5.41) is 0.600. The van der Waals surface area contributed by atoms with Gasteiger partial charge in [-0.2, -0.15) is 4.31 Å². The minimum absolute atomic E-state index is 0.0296. The van der Waals surface area contributed by atoms with E-state index in [4.69, 9.17) is 16.3 Å². The molecule has 2 amide bonds. The molecule has 1 aliphatic rings. The highest BCUT2D eigenvalue weighted by molar-refractivity contribution is 7.89. The highest BCUT2D eigenvalue weighted by atomic mass is 35.5. The zero-order valence-corrected chi connectivity index (χ0v) is 24.2. The van der Waals surface area contributed by atoms with Crippen molar-refractivity contribution >= 4 is 39.5 Å². The fourth-order valence-electron chi connectivity index (χ4n) is 4.58. The second-order valence-electron chi connectivity index (χ2n) is 9.59. The van der Waals surface area contributed by atoms with Crippen LogP contribution >= 0.6 is 11.6 Å². The van der Waals surface area contributed by atoms with Crippen LogP contribution in [0.15, 0.2) is 60.7 Å². The zero-order chi connectivity index (χ0) is 28.3. The third kappa shape index (κ3) is 9.46. The third-order valence-corrected chi connectivity index (χ3v) is 9.01. The smallest absolute Gasteiger partial charge is 0.246 e. The van der Waals surface area contributed by atoms with Crippen molar-refractivity contribution in [1.82, 2.24) is 14.1 Å². The van der Waals surface area contributed by atoms with E-state index >= 15 is 0 Å². The topological polar surface area (TPSA) is 87.2 Å². The van der Waals surface area contributed by atoms with Crippen LogP contribution in [-0.4, -0.2) is 86.0 Å². The summed E-state index contributed by atoms with van der Waals surface area (Å²) in [5.41, 5.74) is 1.86. The van der Waals surface area contributed by atoms with Gasteiger partial charge in [0, 0.05) is 50.4 Å². The molecular weight excluding hydrogens is 538 g/mol. The second-order valence-corrected chi connectivity index (χ2v) is 12.1. The Labute approximate surface area is 237 Å². The maximum absolute atomic E-state index is 13.7. The molecule has 212 valence electrons. The molecule has 0 aliphatic carbocycles. The third-order valence-electron chi connectivity index (χ3n) is 6.73. The van der Waals surface area contributed by atoms with E-state index in [1.54, 1.807) is 41.0 Å². The summed E-state index contributed by atoms with van der Waals surface area (Å²) < 4.78 is 32.1. The molecule has 1 aliphatic heterocycles. The summed E-state index contributed by atoms with van der Waals surface area (Å²) >= 11 is 6.06. The van der Waals surface area contributed by atoms with Crippen LogP contribution < -0.4 is 0 Å². The van der Waals surface area contributed by atoms with Crippen molar-refractivity contribution in [3.8, 4) is 0 Å². The highest BCUT2D eigenvalue weighted by Gasteiger charge is 2.32. The number of piperidine rings is 1. The molecule has 1 saturated heterocycles. The fourth-order valence-corrected chi connectivity index (χ4v) is 6.14. The number of carbonyl (C=O) groups excluding carboxylic acids is 2. The molecule has 0 aromatic heterocycles. The Balaban J connectivity index is 1.73. The number of methoxy groups -OCH3 is 1. The number of nitrogens with zero attached hydrogens (tertiary/aromatic N) is 3. The normalized spacial score (nSPS) is 14.7. The molecule has 3 rings (SSSR count). The SMILES string of the molecule is CCCS(=O)(=O)N(CCOC)CC(=O)N(Cc1ccc(Cl)cc1)C1CCN(C(=O)/C=C/c2ccccc2)CC1. The molecule has 10 heteroatoms. The van der Waals surface area contributed by atoms with Crippen LogP contribution in [0, 0.1) is 0 Å². The van der Waals surface area contributed by atoms with E-state index in [2.05, 4.69) is 0 Å². The number of carbonyl (C=O) groups is 2. The van der Waals surface area contributed by atoms with Gasteiger partial charge in [-0.05, 0) is 48.6 Å². The molecule has 0 bridgehead atoms. The average molecular weight is 576 g/mol. The first-order chi connectivity index (χ1) is 18.7. The van der Waals surface area contributed by atoms with Gasteiger partial charge < -0.3 is 14.5 Å². The lowest BCUT2D eigenvalue weighted by Crippen LogP contribution is -2.51. The van der Waals surface area contributed by atoms with Gasteiger partial charge in [-0.1, -0.05) is 61.0 Å². The van der Waals surface area contributed by atoms with E-state index in [0.29, 0.717) is 43.9 Å². The Kier molecular flexibility index (Phi) is 12.0. The van der Waals surface area contributed by atoms with E-state index in [9.17, 15) is 18.0 Å². The van der Waals surface area contributed by atoms with Gasteiger partial charge >= 0.3 is 0 Å². The Morgan fingerprint density at radius 3 is 2.36 bits per heavy atom. The largest absolute Gasteiger partial charge is 0.383 e. The van der Waals surface area contributed by atoms with E-state index in [-0.39, 0.29) is 43.3 Å². The van der Waals surface area contributed by atoms with Crippen molar-refractivity contribution in [2.45, 2.75) is 38.8 Å². The number of rotatable bonds is 13. The molecule has 0 atom stereocenters. The van der Waals surface area contributed by atoms with Crippen LogP contribution in [-0.2, 0) is 30.9 Å². The number of halogens is 1.